The lowest BCUT2D eigenvalue weighted by Crippen LogP contribution is -2.19. The summed E-state index contributed by atoms with van der Waals surface area (Å²) >= 11 is 3.11. The summed E-state index contributed by atoms with van der Waals surface area (Å²) in [6, 6.07) is 0. The molecule has 11 heavy (non-hydrogen) atoms. The summed E-state index contributed by atoms with van der Waals surface area (Å²) in [5.41, 5.74) is 0.315. The van der Waals surface area contributed by atoms with Gasteiger partial charge in [-0.2, -0.15) is 0 Å². The van der Waals surface area contributed by atoms with Crippen LogP contribution in [0.1, 0.15) is 10.5 Å². The third-order valence-electron chi connectivity index (χ3n) is 1.08. The first-order valence-corrected chi connectivity index (χ1v) is 3.73. The van der Waals surface area contributed by atoms with E-state index in [9.17, 15) is 4.79 Å². The second-order valence-electron chi connectivity index (χ2n) is 1.80. The monoisotopic (exact) mass is 215 g/mol. The summed E-state index contributed by atoms with van der Waals surface area (Å²) in [5, 5.41) is 2.44. The number of carbonyl (C=O) groups excluding carboxylic acids is 1. The molecule has 1 N–H and O–H groups in total. The predicted octanol–water partition coefficient (Wildman–Crippen LogP) is 0.599. The standard InChI is InChI=1S/C6H6BrN3O/c1-8-6(11)4-2-10-5(7)3-9-4/h2-3H,1H3,(H,8,11). The Hall–Kier alpha value is -0.970. The van der Waals surface area contributed by atoms with Crippen LogP contribution in [0.15, 0.2) is 17.0 Å². The summed E-state index contributed by atoms with van der Waals surface area (Å²) in [4.78, 5) is 18.6. The van der Waals surface area contributed by atoms with Crippen molar-refractivity contribution >= 4 is 21.8 Å². The van der Waals surface area contributed by atoms with E-state index in [-0.39, 0.29) is 5.91 Å². The third-order valence-corrected chi connectivity index (χ3v) is 1.49. The molecule has 1 heterocycles. The van der Waals surface area contributed by atoms with Crippen molar-refractivity contribution in [2.24, 2.45) is 0 Å². The minimum Gasteiger partial charge on any atom is -0.354 e. The molecule has 0 aliphatic heterocycles. The smallest absolute Gasteiger partial charge is 0.271 e. The van der Waals surface area contributed by atoms with E-state index in [1.165, 1.54) is 12.4 Å². The second kappa shape index (κ2) is 3.43. The quantitative estimate of drug-likeness (QED) is 0.747. The van der Waals surface area contributed by atoms with Crippen molar-refractivity contribution < 1.29 is 4.79 Å². The highest BCUT2D eigenvalue weighted by molar-refractivity contribution is 9.10. The lowest BCUT2D eigenvalue weighted by molar-refractivity contribution is 0.0957. The highest BCUT2D eigenvalue weighted by Crippen LogP contribution is 2.01. The van der Waals surface area contributed by atoms with Gasteiger partial charge >= 0.3 is 0 Å². The molecule has 0 atom stereocenters. The number of aromatic nitrogens is 2. The van der Waals surface area contributed by atoms with Crippen LogP contribution in [-0.2, 0) is 0 Å². The van der Waals surface area contributed by atoms with Crippen LogP contribution in [-0.4, -0.2) is 22.9 Å². The largest absolute Gasteiger partial charge is 0.354 e. The van der Waals surface area contributed by atoms with Crippen molar-refractivity contribution in [3.05, 3.63) is 22.7 Å². The number of nitrogens with zero attached hydrogens (tertiary/aromatic N) is 2. The molecule has 0 radical (unpaired) electrons. The molecular formula is C6H6BrN3O. The zero-order valence-electron chi connectivity index (χ0n) is 5.84. The van der Waals surface area contributed by atoms with Crippen molar-refractivity contribution in [3.8, 4) is 0 Å². The maximum atomic E-state index is 10.9. The molecule has 0 aliphatic carbocycles. The molecule has 0 aliphatic rings. The fourth-order valence-electron chi connectivity index (χ4n) is 0.558. The molecular weight excluding hydrogens is 210 g/mol. The van der Waals surface area contributed by atoms with Crippen LogP contribution in [0, 0.1) is 0 Å². The number of hydrogen-bond acceptors (Lipinski definition) is 3. The molecule has 0 saturated heterocycles. The molecule has 0 spiro atoms. The van der Waals surface area contributed by atoms with Gasteiger partial charge < -0.3 is 5.32 Å². The Morgan fingerprint density at radius 2 is 2.27 bits per heavy atom. The SMILES string of the molecule is CNC(=O)c1cnc(Br)cn1. The Morgan fingerprint density at radius 3 is 2.73 bits per heavy atom. The van der Waals surface area contributed by atoms with Crippen LogP contribution in [0.5, 0.6) is 0 Å². The van der Waals surface area contributed by atoms with E-state index in [1.54, 1.807) is 7.05 Å². The minimum absolute atomic E-state index is 0.231. The van der Waals surface area contributed by atoms with Gasteiger partial charge in [-0.25, -0.2) is 9.97 Å². The summed E-state index contributed by atoms with van der Waals surface area (Å²) in [6.45, 7) is 0. The van der Waals surface area contributed by atoms with Crippen LogP contribution in [0.25, 0.3) is 0 Å². The molecule has 0 bridgehead atoms. The van der Waals surface area contributed by atoms with Gasteiger partial charge in [0.1, 0.15) is 10.3 Å². The van der Waals surface area contributed by atoms with E-state index < -0.39 is 0 Å². The molecule has 1 rings (SSSR count). The van der Waals surface area contributed by atoms with Gasteiger partial charge in [-0.15, -0.1) is 0 Å². The topological polar surface area (TPSA) is 54.9 Å². The number of nitrogens with one attached hydrogen (secondary N) is 1. The van der Waals surface area contributed by atoms with Crippen molar-refractivity contribution in [3.63, 3.8) is 0 Å². The number of rotatable bonds is 1. The summed E-state index contributed by atoms with van der Waals surface area (Å²) in [5.74, 6) is -0.231. The first-order valence-electron chi connectivity index (χ1n) is 2.93. The van der Waals surface area contributed by atoms with E-state index in [1.807, 2.05) is 0 Å². The highest BCUT2D eigenvalue weighted by Gasteiger charge is 2.03. The normalized spacial score (nSPS) is 9.27. The first-order chi connectivity index (χ1) is 5.24. The summed E-state index contributed by atoms with van der Waals surface area (Å²) in [6.07, 6.45) is 2.88. The van der Waals surface area contributed by atoms with Crippen LogP contribution in [0.4, 0.5) is 0 Å². The number of hydrogen-bond donors (Lipinski definition) is 1. The lowest BCUT2D eigenvalue weighted by Gasteiger charge is -1.96. The van der Waals surface area contributed by atoms with E-state index in [4.69, 9.17) is 0 Å². The molecule has 58 valence electrons. The summed E-state index contributed by atoms with van der Waals surface area (Å²) < 4.78 is 0.616. The second-order valence-corrected chi connectivity index (χ2v) is 2.62. The third kappa shape index (κ3) is 1.98. The van der Waals surface area contributed by atoms with E-state index >= 15 is 0 Å². The number of halogens is 1. The van der Waals surface area contributed by atoms with Crippen LogP contribution >= 0.6 is 15.9 Å². The fourth-order valence-corrected chi connectivity index (χ4v) is 0.762. The molecule has 1 aromatic heterocycles. The van der Waals surface area contributed by atoms with Gasteiger partial charge in [-0.1, -0.05) is 0 Å². The predicted molar refractivity (Wildman–Crippen MR) is 43.1 cm³/mol. The maximum absolute atomic E-state index is 10.9. The van der Waals surface area contributed by atoms with Gasteiger partial charge in [0.05, 0.1) is 12.4 Å². The summed E-state index contributed by atoms with van der Waals surface area (Å²) in [7, 11) is 1.55. The molecule has 0 unspecified atom stereocenters. The van der Waals surface area contributed by atoms with Gasteiger partial charge in [0.2, 0.25) is 0 Å². The molecule has 0 saturated carbocycles. The highest BCUT2D eigenvalue weighted by atomic mass is 79.9. The number of carbonyl (C=O) groups is 1. The molecule has 4 nitrogen and oxygen atoms in total. The van der Waals surface area contributed by atoms with Gasteiger partial charge in [-0.3, -0.25) is 4.79 Å². The van der Waals surface area contributed by atoms with Gasteiger partial charge in [0.25, 0.3) is 5.91 Å². The lowest BCUT2D eigenvalue weighted by atomic mass is 10.4. The van der Waals surface area contributed by atoms with E-state index in [0.29, 0.717) is 10.3 Å². The average molecular weight is 216 g/mol. The van der Waals surface area contributed by atoms with Crippen LogP contribution in [0.3, 0.4) is 0 Å². The zero-order valence-corrected chi connectivity index (χ0v) is 7.42. The Balaban J connectivity index is 2.90. The number of amides is 1. The zero-order chi connectivity index (χ0) is 8.27. The van der Waals surface area contributed by atoms with Crippen molar-refractivity contribution in [2.45, 2.75) is 0 Å². The average Bonchev–Trinajstić information content (AvgIpc) is 2.05. The van der Waals surface area contributed by atoms with Crippen molar-refractivity contribution in [1.82, 2.24) is 15.3 Å². The molecule has 5 heteroatoms. The van der Waals surface area contributed by atoms with Crippen molar-refractivity contribution in [1.29, 1.82) is 0 Å². The molecule has 0 fully saturated rings. The Kier molecular flexibility index (Phi) is 2.53. The molecule has 1 amide bonds. The van der Waals surface area contributed by atoms with E-state index in [0.717, 1.165) is 0 Å². The maximum Gasteiger partial charge on any atom is 0.271 e. The van der Waals surface area contributed by atoms with Gasteiger partial charge in [-0.05, 0) is 15.9 Å². The Labute approximate surface area is 72.2 Å². The van der Waals surface area contributed by atoms with Gasteiger partial charge in [0.15, 0.2) is 0 Å². The van der Waals surface area contributed by atoms with Crippen molar-refractivity contribution in [2.75, 3.05) is 7.05 Å². The van der Waals surface area contributed by atoms with Crippen LogP contribution < -0.4 is 5.32 Å². The molecule has 1 aromatic rings. The van der Waals surface area contributed by atoms with E-state index in [2.05, 4.69) is 31.2 Å². The minimum atomic E-state index is -0.231. The van der Waals surface area contributed by atoms with Gasteiger partial charge in [0, 0.05) is 7.05 Å². The molecule has 0 aromatic carbocycles. The Bertz CT molecular complexity index is 259. The Morgan fingerprint density at radius 1 is 1.55 bits per heavy atom. The fraction of sp³-hybridized carbons (Fsp3) is 0.167. The first kappa shape index (κ1) is 8.13. The van der Waals surface area contributed by atoms with Crippen LogP contribution in [0.2, 0.25) is 0 Å².